The van der Waals surface area contributed by atoms with E-state index >= 15 is 0 Å². The molecule has 0 fully saturated rings. The van der Waals surface area contributed by atoms with E-state index in [0.29, 0.717) is 12.1 Å². The van der Waals surface area contributed by atoms with Gasteiger partial charge in [-0.25, -0.2) is 4.79 Å². The monoisotopic (exact) mass is 266 g/mol. The minimum atomic E-state index is -0.993. The van der Waals surface area contributed by atoms with Crippen LogP contribution in [-0.4, -0.2) is 16.8 Å². The van der Waals surface area contributed by atoms with Gasteiger partial charge in [0.2, 0.25) is 6.19 Å². The molecule has 0 radical (unpaired) electrons. The van der Waals surface area contributed by atoms with E-state index in [-0.39, 0.29) is 5.57 Å². The van der Waals surface area contributed by atoms with Crippen molar-refractivity contribution in [3.8, 4) is 6.19 Å². The van der Waals surface area contributed by atoms with E-state index in [1.807, 2.05) is 30.3 Å². The SMILES string of the molecule is N#C/N=C1\C=C(C(=O)O)C=C(CCc2ccccc2)C1. The zero-order chi connectivity index (χ0) is 14.4. The largest absolute Gasteiger partial charge is 0.478 e. The molecule has 1 aromatic rings. The smallest absolute Gasteiger partial charge is 0.335 e. The highest BCUT2D eigenvalue weighted by atomic mass is 16.4. The zero-order valence-electron chi connectivity index (χ0n) is 10.9. The first-order valence-corrected chi connectivity index (χ1v) is 6.33. The lowest BCUT2D eigenvalue weighted by molar-refractivity contribution is -0.132. The fraction of sp³-hybridized carbons (Fsp3) is 0.188. The van der Waals surface area contributed by atoms with Gasteiger partial charge in [0.25, 0.3) is 0 Å². The van der Waals surface area contributed by atoms with Gasteiger partial charge in [-0.3, -0.25) is 0 Å². The Balaban J connectivity index is 2.11. The maximum Gasteiger partial charge on any atom is 0.335 e. The molecule has 2 rings (SSSR count). The Hall–Kier alpha value is -2.67. The molecule has 0 saturated carbocycles. The molecule has 0 aliphatic heterocycles. The number of hydrogen-bond acceptors (Lipinski definition) is 3. The van der Waals surface area contributed by atoms with Gasteiger partial charge in [-0.05, 0) is 30.6 Å². The van der Waals surface area contributed by atoms with E-state index in [1.54, 1.807) is 12.3 Å². The molecular formula is C16H14N2O2. The van der Waals surface area contributed by atoms with Crippen molar-refractivity contribution in [2.45, 2.75) is 19.3 Å². The predicted molar refractivity (Wildman–Crippen MR) is 76.2 cm³/mol. The van der Waals surface area contributed by atoms with Gasteiger partial charge in [0.05, 0.1) is 11.3 Å². The number of carboxylic acids is 1. The van der Waals surface area contributed by atoms with Crippen molar-refractivity contribution in [1.82, 2.24) is 0 Å². The summed E-state index contributed by atoms with van der Waals surface area (Å²) in [6.45, 7) is 0. The average molecular weight is 266 g/mol. The average Bonchev–Trinajstić information content (AvgIpc) is 2.46. The molecular weight excluding hydrogens is 252 g/mol. The van der Waals surface area contributed by atoms with Crippen LogP contribution in [0.25, 0.3) is 0 Å². The Kier molecular flexibility index (Phi) is 4.46. The van der Waals surface area contributed by atoms with Crippen molar-refractivity contribution in [1.29, 1.82) is 5.26 Å². The molecule has 0 spiro atoms. The third-order valence-corrected chi connectivity index (χ3v) is 3.11. The molecule has 4 heteroatoms. The second-order valence-corrected chi connectivity index (χ2v) is 4.57. The molecule has 20 heavy (non-hydrogen) atoms. The minimum Gasteiger partial charge on any atom is -0.478 e. The fourth-order valence-corrected chi connectivity index (χ4v) is 2.15. The Morgan fingerprint density at radius 2 is 2.00 bits per heavy atom. The molecule has 0 unspecified atom stereocenters. The zero-order valence-corrected chi connectivity index (χ0v) is 10.9. The number of rotatable bonds is 4. The molecule has 100 valence electrons. The number of carboxylic acid groups (broad SMARTS) is 1. The van der Waals surface area contributed by atoms with E-state index < -0.39 is 5.97 Å². The van der Waals surface area contributed by atoms with Crippen molar-refractivity contribution >= 4 is 11.7 Å². The van der Waals surface area contributed by atoms with Crippen LogP contribution in [-0.2, 0) is 11.2 Å². The number of carbonyl (C=O) groups is 1. The molecule has 4 nitrogen and oxygen atoms in total. The molecule has 1 aromatic carbocycles. The van der Waals surface area contributed by atoms with Gasteiger partial charge in [-0.15, -0.1) is 0 Å². The number of benzene rings is 1. The standard InChI is InChI=1S/C16H14N2O2/c17-11-18-15-9-13(8-14(10-15)16(19)20)7-6-12-4-2-1-3-5-12/h1-5,8,10H,6-7,9H2,(H,19,20)/b18-15-. The van der Waals surface area contributed by atoms with Gasteiger partial charge in [0.15, 0.2) is 0 Å². The van der Waals surface area contributed by atoms with Crippen LogP contribution in [0.5, 0.6) is 0 Å². The summed E-state index contributed by atoms with van der Waals surface area (Å²) in [4.78, 5) is 14.7. The summed E-state index contributed by atoms with van der Waals surface area (Å²) in [5.74, 6) is -0.993. The van der Waals surface area contributed by atoms with Crippen molar-refractivity contribution in [3.05, 3.63) is 59.2 Å². The summed E-state index contributed by atoms with van der Waals surface area (Å²) < 4.78 is 0. The lowest BCUT2D eigenvalue weighted by atomic mass is 9.93. The van der Waals surface area contributed by atoms with Crippen LogP contribution in [0.4, 0.5) is 0 Å². The molecule has 0 aromatic heterocycles. The second-order valence-electron chi connectivity index (χ2n) is 4.57. The molecule has 0 amide bonds. The van der Waals surface area contributed by atoms with Crippen molar-refractivity contribution in [2.75, 3.05) is 0 Å². The summed E-state index contributed by atoms with van der Waals surface area (Å²) in [5.41, 5.74) is 2.89. The number of aliphatic imine (C=N–C) groups is 1. The predicted octanol–water partition coefficient (Wildman–Crippen LogP) is 2.88. The van der Waals surface area contributed by atoms with Crippen LogP contribution < -0.4 is 0 Å². The van der Waals surface area contributed by atoms with Crippen molar-refractivity contribution < 1.29 is 9.90 Å². The number of aliphatic carboxylic acids is 1. The van der Waals surface area contributed by atoms with Crippen LogP contribution in [0.1, 0.15) is 18.4 Å². The number of aryl methyl sites for hydroxylation is 1. The lowest BCUT2D eigenvalue weighted by Gasteiger charge is -2.13. The van der Waals surface area contributed by atoms with Crippen LogP contribution >= 0.6 is 0 Å². The Morgan fingerprint density at radius 1 is 1.25 bits per heavy atom. The minimum absolute atomic E-state index is 0.188. The summed E-state index contributed by atoms with van der Waals surface area (Å²) in [6.07, 6.45) is 7.00. The van der Waals surface area contributed by atoms with E-state index in [4.69, 9.17) is 10.4 Å². The second kappa shape index (κ2) is 6.48. The van der Waals surface area contributed by atoms with Gasteiger partial charge in [0, 0.05) is 6.42 Å². The van der Waals surface area contributed by atoms with Crippen LogP contribution in [0.2, 0.25) is 0 Å². The summed E-state index contributed by atoms with van der Waals surface area (Å²) in [5, 5.41) is 17.7. The van der Waals surface area contributed by atoms with Gasteiger partial charge in [-0.1, -0.05) is 35.9 Å². The highest BCUT2D eigenvalue weighted by molar-refractivity contribution is 6.06. The van der Waals surface area contributed by atoms with Crippen LogP contribution in [0.15, 0.2) is 58.6 Å². The summed E-state index contributed by atoms with van der Waals surface area (Å²) in [6, 6.07) is 10.0. The maximum atomic E-state index is 11.1. The quantitative estimate of drug-likeness (QED) is 0.851. The number of nitriles is 1. The lowest BCUT2D eigenvalue weighted by Crippen LogP contribution is -2.10. The Morgan fingerprint density at radius 3 is 2.65 bits per heavy atom. The summed E-state index contributed by atoms with van der Waals surface area (Å²) >= 11 is 0. The van der Waals surface area contributed by atoms with Gasteiger partial charge in [0.1, 0.15) is 0 Å². The molecule has 1 aliphatic carbocycles. The first-order chi connectivity index (χ1) is 9.69. The molecule has 0 heterocycles. The fourth-order valence-electron chi connectivity index (χ4n) is 2.15. The normalized spacial score (nSPS) is 16.2. The van der Waals surface area contributed by atoms with Crippen LogP contribution in [0.3, 0.4) is 0 Å². The third-order valence-electron chi connectivity index (χ3n) is 3.11. The van der Waals surface area contributed by atoms with Gasteiger partial charge >= 0.3 is 5.97 Å². The van der Waals surface area contributed by atoms with E-state index in [1.165, 1.54) is 11.6 Å². The molecule has 0 atom stereocenters. The molecule has 1 aliphatic rings. The van der Waals surface area contributed by atoms with Crippen molar-refractivity contribution in [3.63, 3.8) is 0 Å². The van der Waals surface area contributed by atoms with Gasteiger partial charge in [-0.2, -0.15) is 10.3 Å². The molecule has 0 bridgehead atoms. The van der Waals surface area contributed by atoms with Crippen LogP contribution in [0, 0.1) is 11.5 Å². The van der Waals surface area contributed by atoms with E-state index in [2.05, 4.69) is 4.99 Å². The highest BCUT2D eigenvalue weighted by Gasteiger charge is 2.15. The number of hydrogen-bond donors (Lipinski definition) is 1. The van der Waals surface area contributed by atoms with E-state index in [0.717, 1.165) is 18.4 Å². The third kappa shape index (κ3) is 3.66. The Bertz CT molecular complexity index is 634. The maximum absolute atomic E-state index is 11.1. The van der Waals surface area contributed by atoms with Crippen molar-refractivity contribution in [2.24, 2.45) is 4.99 Å². The summed E-state index contributed by atoms with van der Waals surface area (Å²) in [7, 11) is 0. The first-order valence-electron chi connectivity index (χ1n) is 6.33. The topological polar surface area (TPSA) is 73.5 Å². The highest BCUT2D eigenvalue weighted by Crippen LogP contribution is 2.21. The molecule has 1 N–H and O–H groups in total. The number of nitrogens with zero attached hydrogens (tertiary/aromatic N) is 2. The first kappa shape index (κ1) is 13.8. The van der Waals surface area contributed by atoms with Gasteiger partial charge < -0.3 is 5.11 Å². The van der Waals surface area contributed by atoms with E-state index in [9.17, 15) is 4.79 Å². The molecule has 0 saturated heterocycles. The Labute approximate surface area is 117 Å². The number of allylic oxidation sites excluding steroid dienone is 2.